The van der Waals surface area contributed by atoms with Gasteiger partial charge >= 0.3 is 0 Å². The van der Waals surface area contributed by atoms with Crippen molar-refractivity contribution in [3.63, 3.8) is 0 Å². The average molecular weight is 233 g/mol. The molecule has 1 saturated carbocycles. The maximum atomic E-state index is 11.4. The zero-order valence-electron chi connectivity index (χ0n) is 8.91. The van der Waals surface area contributed by atoms with Gasteiger partial charge in [-0.2, -0.15) is 0 Å². The zero-order chi connectivity index (χ0) is 10.9. The Morgan fingerprint density at radius 1 is 1.33 bits per heavy atom. The molecule has 1 heterocycles. The Hall–Kier alpha value is -0.130. The van der Waals surface area contributed by atoms with Crippen molar-refractivity contribution in [3.05, 3.63) is 0 Å². The zero-order valence-corrected chi connectivity index (χ0v) is 9.72. The van der Waals surface area contributed by atoms with E-state index in [4.69, 9.17) is 0 Å². The highest BCUT2D eigenvalue weighted by Crippen LogP contribution is 2.27. The summed E-state index contributed by atoms with van der Waals surface area (Å²) in [5.41, 5.74) is -0.548. The smallest absolute Gasteiger partial charge is 0.152 e. The Bertz CT molecular complexity index is 322. The van der Waals surface area contributed by atoms with Gasteiger partial charge in [0.1, 0.15) is 0 Å². The van der Waals surface area contributed by atoms with Crippen molar-refractivity contribution in [1.82, 2.24) is 5.32 Å². The van der Waals surface area contributed by atoms with Gasteiger partial charge < -0.3 is 10.4 Å². The lowest BCUT2D eigenvalue weighted by atomic mass is 9.98. The molecule has 2 N–H and O–H groups in total. The minimum absolute atomic E-state index is 0.0667. The summed E-state index contributed by atoms with van der Waals surface area (Å²) in [5, 5.41) is 12.7. The fourth-order valence-corrected chi connectivity index (χ4v) is 4.71. The third kappa shape index (κ3) is 2.52. The van der Waals surface area contributed by atoms with E-state index < -0.39 is 15.4 Å². The van der Waals surface area contributed by atoms with Gasteiger partial charge in [-0.05, 0) is 19.3 Å². The molecule has 1 unspecified atom stereocenters. The molecule has 1 aliphatic carbocycles. The highest BCUT2D eigenvalue weighted by molar-refractivity contribution is 7.91. The third-order valence-corrected chi connectivity index (χ3v) is 5.37. The van der Waals surface area contributed by atoms with Crippen LogP contribution in [0.25, 0.3) is 0 Å². The minimum Gasteiger partial charge on any atom is -0.394 e. The Morgan fingerprint density at radius 2 is 2.00 bits per heavy atom. The highest BCUT2D eigenvalue weighted by atomic mass is 32.2. The van der Waals surface area contributed by atoms with Crippen molar-refractivity contribution in [3.8, 4) is 0 Å². The molecular weight excluding hydrogens is 214 g/mol. The molecule has 0 radical (unpaired) electrons. The summed E-state index contributed by atoms with van der Waals surface area (Å²) in [6.07, 6.45) is 5.21. The molecule has 5 heteroatoms. The highest BCUT2D eigenvalue weighted by Gasteiger charge is 2.43. The van der Waals surface area contributed by atoms with Crippen LogP contribution in [0.5, 0.6) is 0 Å². The van der Waals surface area contributed by atoms with Gasteiger partial charge in [0.25, 0.3) is 0 Å². The quantitative estimate of drug-likeness (QED) is 0.724. The first-order valence-electron chi connectivity index (χ1n) is 5.64. The van der Waals surface area contributed by atoms with E-state index in [0.29, 0.717) is 12.5 Å². The molecule has 0 aromatic heterocycles. The lowest BCUT2D eigenvalue weighted by Crippen LogP contribution is -2.53. The van der Waals surface area contributed by atoms with Gasteiger partial charge in [-0.3, -0.25) is 0 Å². The summed E-state index contributed by atoms with van der Waals surface area (Å²) in [6, 6.07) is 0.408. The van der Waals surface area contributed by atoms with Gasteiger partial charge in [-0.1, -0.05) is 12.8 Å². The minimum atomic E-state index is -2.93. The Morgan fingerprint density at radius 3 is 2.47 bits per heavy atom. The van der Waals surface area contributed by atoms with Crippen molar-refractivity contribution < 1.29 is 13.5 Å². The number of rotatable bonds is 3. The molecule has 1 saturated heterocycles. The van der Waals surface area contributed by atoms with Gasteiger partial charge in [0, 0.05) is 6.04 Å². The second-order valence-corrected chi connectivity index (χ2v) is 7.09. The number of hydrogen-bond acceptors (Lipinski definition) is 4. The number of nitrogens with one attached hydrogen (secondary N) is 1. The van der Waals surface area contributed by atoms with Crippen LogP contribution in [-0.2, 0) is 9.84 Å². The van der Waals surface area contributed by atoms with Crippen molar-refractivity contribution in [1.29, 1.82) is 0 Å². The van der Waals surface area contributed by atoms with E-state index in [1.165, 1.54) is 12.8 Å². The number of aliphatic hydroxyl groups is 1. The molecule has 88 valence electrons. The Labute approximate surface area is 91.0 Å². The summed E-state index contributed by atoms with van der Waals surface area (Å²) in [6.45, 7) is -0.0667. The predicted octanol–water partition coefficient (Wildman–Crippen LogP) is 0.0682. The first kappa shape index (κ1) is 11.4. The molecule has 15 heavy (non-hydrogen) atoms. The van der Waals surface area contributed by atoms with Gasteiger partial charge in [0.15, 0.2) is 9.84 Å². The molecule has 0 amide bonds. The van der Waals surface area contributed by atoms with Crippen LogP contribution in [0.4, 0.5) is 0 Å². The monoisotopic (exact) mass is 233 g/mol. The topological polar surface area (TPSA) is 66.4 Å². The first-order chi connectivity index (χ1) is 7.05. The maximum Gasteiger partial charge on any atom is 0.152 e. The largest absolute Gasteiger partial charge is 0.394 e. The molecule has 4 nitrogen and oxygen atoms in total. The molecular formula is C10H19NO3S. The molecule has 0 spiro atoms. The molecule has 0 aromatic rings. The molecule has 2 rings (SSSR count). The summed E-state index contributed by atoms with van der Waals surface area (Å²) >= 11 is 0. The number of sulfone groups is 1. The summed E-state index contributed by atoms with van der Waals surface area (Å²) < 4.78 is 22.9. The van der Waals surface area contributed by atoms with Gasteiger partial charge in [0.05, 0.1) is 23.7 Å². The first-order valence-corrected chi connectivity index (χ1v) is 7.46. The second-order valence-electron chi connectivity index (χ2n) is 4.91. The summed E-state index contributed by atoms with van der Waals surface area (Å²) in [7, 11) is -2.93. The normalized spacial score (nSPS) is 36.1. The van der Waals surface area contributed by atoms with Crippen LogP contribution in [0.1, 0.15) is 32.1 Å². The fraction of sp³-hybridized carbons (Fsp3) is 1.00. The number of aliphatic hydroxyl groups excluding tert-OH is 1. The predicted molar refractivity (Wildman–Crippen MR) is 58.5 cm³/mol. The molecule has 0 aromatic carbocycles. The standard InChI is InChI=1S/C10H19NO3S/c12-7-10(5-6-15(13,14)8-10)11-9-3-1-2-4-9/h9,11-12H,1-8H2. The Balaban J connectivity index is 2.03. The summed E-state index contributed by atoms with van der Waals surface area (Å²) in [4.78, 5) is 0. The number of hydrogen-bond donors (Lipinski definition) is 2. The van der Waals surface area contributed by atoms with Gasteiger partial charge in [0.2, 0.25) is 0 Å². The lowest BCUT2D eigenvalue weighted by molar-refractivity contribution is 0.166. The van der Waals surface area contributed by atoms with Crippen LogP contribution < -0.4 is 5.32 Å². The van der Waals surface area contributed by atoms with Crippen molar-refractivity contribution in [2.75, 3.05) is 18.1 Å². The van der Waals surface area contributed by atoms with E-state index >= 15 is 0 Å². The maximum absolute atomic E-state index is 11.4. The third-order valence-electron chi connectivity index (χ3n) is 3.56. The van der Waals surface area contributed by atoms with E-state index in [0.717, 1.165) is 12.8 Å². The van der Waals surface area contributed by atoms with Crippen molar-refractivity contribution in [2.45, 2.75) is 43.7 Å². The molecule has 2 fully saturated rings. The summed E-state index contributed by atoms with van der Waals surface area (Å²) in [5.74, 6) is 0.320. The van der Waals surface area contributed by atoms with Crippen LogP contribution >= 0.6 is 0 Å². The lowest BCUT2D eigenvalue weighted by Gasteiger charge is -2.30. The molecule has 2 aliphatic rings. The molecule has 1 aliphatic heterocycles. The van der Waals surface area contributed by atoms with E-state index in [9.17, 15) is 13.5 Å². The van der Waals surface area contributed by atoms with E-state index in [1.807, 2.05) is 0 Å². The van der Waals surface area contributed by atoms with Crippen LogP contribution in [-0.4, -0.2) is 43.2 Å². The van der Waals surface area contributed by atoms with Crippen molar-refractivity contribution in [2.24, 2.45) is 0 Å². The van der Waals surface area contributed by atoms with E-state index in [2.05, 4.69) is 5.32 Å². The van der Waals surface area contributed by atoms with E-state index in [-0.39, 0.29) is 18.1 Å². The van der Waals surface area contributed by atoms with Crippen LogP contribution in [0.2, 0.25) is 0 Å². The fourth-order valence-electron chi connectivity index (χ4n) is 2.70. The molecule has 0 bridgehead atoms. The second kappa shape index (κ2) is 4.03. The van der Waals surface area contributed by atoms with E-state index in [1.54, 1.807) is 0 Å². The van der Waals surface area contributed by atoms with Crippen LogP contribution in [0.15, 0.2) is 0 Å². The van der Waals surface area contributed by atoms with Gasteiger partial charge in [-0.15, -0.1) is 0 Å². The van der Waals surface area contributed by atoms with Crippen LogP contribution in [0, 0.1) is 0 Å². The van der Waals surface area contributed by atoms with Crippen molar-refractivity contribution >= 4 is 9.84 Å². The molecule has 1 atom stereocenters. The average Bonchev–Trinajstić information content (AvgIpc) is 2.75. The van der Waals surface area contributed by atoms with Gasteiger partial charge in [-0.25, -0.2) is 8.42 Å². The Kier molecular flexibility index (Phi) is 3.05. The SMILES string of the molecule is O=S1(=O)CCC(CO)(NC2CCCC2)C1. The van der Waals surface area contributed by atoms with Crippen LogP contribution in [0.3, 0.4) is 0 Å².